The molecule has 0 saturated carbocycles. The fourth-order valence-corrected chi connectivity index (χ4v) is 4.22. The average molecular weight is 463 g/mol. The van der Waals surface area contributed by atoms with Crippen molar-refractivity contribution in [2.45, 2.75) is 37.8 Å². The van der Waals surface area contributed by atoms with Crippen molar-refractivity contribution in [1.82, 2.24) is 10.0 Å². The van der Waals surface area contributed by atoms with Crippen molar-refractivity contribution in [3.8, 4) is 11.5 Å². The van der Waals surface area contributed by atoms with Gasteiger partial charge in [0.25, 0.3) is 5.91 Å². The SMILES string of the molecule is Cc1ccc(S(=O)(=O)N[C@@H](C)C(=O)OCC(=O)NC(C)c2ccc3c(c2)OCCO3)cc1. The van der Waals surface area contributed by atoms with Crippen LogP contribution in [-0.4, -0.2) is 46.2 Å². The summed E-state index contributed by atoms with van der Waals surface area (Å²) in [5.74, 6) is -0.123. The molecule has 3 rings (SSSR count). The lowest BCUT2D eigenvalue weighted by Crippen LogP contribution is -2.41. The zero-order valence-corrected chi connectivity index (χ0v) is 18.9. The molecule has 9 nitrogen and oxygen atoms in total. The maximum atomic E-state index is 12.4. The Labute approximate surface area is 187 Å². The lowest BCUT2D eigenvalue weighted by molar-refractivity contribution is -0.149. The summed E-state index contributed by atoms with van der Waals surface area (Å²) in [5, 5.41) is 2.73. The predicted molar refractivity (Wildman–Crippen MR) is 116 cm³/mol. The minimum atomic E-state index is -3.90. The molecule has 1 heterocycles. The van der Waals surface area contributed by atoms with Gasteiger partial charge in [-0.1, -0.05) is 23.8 Å². The number of hydrogen-bond acceptors (Lipinski definition) is 7. The summed E-state index contributed by atoms with van der Waals surface area (Å²) in [4.78, 5) is 24.4. The van der Waals surface area contributed by atoms with Crippen molar-refractivity contribution in [3.63, 3.8) is 0 Å². The summed E-state index contributed by atoms with van der Waals surface area (Å²) in [6, 6.07) is 10.0. The minimum Gasteiger partial charge on any atom is -0.486 e. The van der Waals surface area contributed by atoms with Gasteiger partial charge in [0.1, 0.15) is 19.3 Å². The molecule has 0 saturated heterocycles. The van der Waals surface area contributed by atoms with E-state index in [0.29, 0.717) is 24.7 Å². The molecule has 0 aromatic heterocycles. The van der Waals surface area contributed by atoms with Crippen molar-refractivity contribution >= 4 is 21.9 Å². The monoisotopic (exact) mass is 462 g/mol. The van der Waals surface area contributed by atoms with E-state index in [1.807, 2.05) is 13.0 Å². The first kappa shape index (κ1) is 23.6. The van der Waals surface area contributed by atoms with E-state index in [9.17, 15) is 18.0 Å². The normalized spacial score (nSPS) is 14.8. The molecule has 2 aromatic rings. The minimum absolute atomic E-state index is 0.0359. The van der Waals surface area contributed by atoms with Gasteiger partial charge < -0.3 is 19.5 Å². The van der Waals surface area contributed by atoms with Gasteiger partial charge in [0.05, 0.1) is 10.9 Å². The van der Waals surface area contributed by atoms with Crippen molar-refractivity contribution < 1.29 is 32.2 Å². The smallest absolute Gasteiger partial charge is 0.324 e. The third kappa shape index (κ3) is 5.98. The van der Waals surface area contributed by atoms with Crippen LogP contribution in [0.1, 0.15) is 31.0 Å². The highest BCUT2D eigenvalue weighted by molar-refractivity contribution is 7.89. The number of aryl methyl sites for hydroxylation is 1. The molecule has 2 aromatic carbocycles. The molecule has 2 N–H and O–H groups in total. The molecule has 10 heteroatoms. The molecule has 0 aliphatic carbocycles. The summed E-state index contributed by atoms with van der Waals surface area (Å²) in [6.07, 6.45) is 0. The lowest BCUT2D eigenvalue weighted by atomic mass is 10.1. The van der Waals surface area contributed by atoms with Gasteiger partial charge in [-0.25, -0.2) is 8.42 Å². The Morgan fingerprint density at radius 1 is 1.03 bits per heavy atom. The van der Waals surface area contributed by atoms with Crippen LogP contribution in [0.5, 0.6) is 11.5 Å². The molecule has 0 fully saturated rings. The Morgan fingerprint density at radius 2 is 1.69 bits per heavy atom. The number of amides is 1. The molecular weight excluding hydrogens is 436 g/mol. The molecule has 1 amide bonds. The average Bonchev–Trinajstić information content (AvgIpc) is 2.77. The van der Waals surface area contributed by atoms with E-state index in [1.165, 1.54) is 19.1 Å². The quantitative estimate of drug-likeness (QED) is 0.575. The molecule has 0 radical (unpaired) electrons. The molecule has 1 aliphatic rings. The van der Waals surface area contributed by atoms with Crippen molar-refractivity contribution in [2.24, 2.45) is 0 Å². The molecule has 0 spiro atoms. The summed E-state index contributed by atoms with van der Waals surface area (Å²) in [5.41, 5.74) is 1.71. The number of fused-ring (bicyclic) bond motifs is 1. The van der Waals surface area contributed by atoms with E-state index >= 15 is 0 Å². The first-order chi connectivity index (χ1) is 15.2. The van der Waals surface area contributed by atoms with E-state index in [0.717, 1.165) is 11.1 Å². The van der Waals surface area contributed by atoms with Gasteiger partial charge >= 0.3 is 5.97 Å². The van der Waals surface area contributed by atoms with E-state index in [4.69, 9.17) is 14.2 Å². The molecular formula is C22H26N2O7S. The van der Waals surface area contributed by atoms with Crippen LogP contribution in [-0.2, 0) is 24.3 Å². The first-order valence-electron chi connectivity index (χ1n) is 10.1. The Morgan fingerprint density at radius 3 is 2.38 bits per heavy atom. The van der Waals surface area contributed by atoms with Gasteiger partial charge in [-0.15, -0.1) is 0 Å². The fourth-order valence-electron chi connectivity index (χ4n) is 3.02. The molecule has 0 bridgehead atoms. The Balaban J connectivity index is 1.49. The summed E-state index contributed by atoms with van der Waals surface area (Å²) in [6.45, 7) is 5.38. The molecule has 2 atom stereocenters. The Kier molecular flexibility index (Phi) is 7.37. The second kappa shape index (κ2) is 10.0. The number of rotatable bonds is 8. The van der Waals surface area contributed by atoms with E-state index in [2.05, 4.69) is 10.0 Å². The van der Waals surface area contributed by atoms with Crippen LogP contribution in [0.2, 0.25) is 0 Å². The van der Waals surface area contributed by atoms with Crippen molar-refractivity contribution in [1.29, 1.82) is 0 Å². The fraction of sp³-hybridized carbons (Fsp3) is 0.364. The summed E-state index contributed by atoms with van der Waals surface area (Å²) >= 11 is 0. The number of nitrogens with one attached hydrogen (secondary N) is 2. The molecule has 1 unspecified atom stereocenters. The number of benzene rings is 2. The highest BCUT2D eigenvalue weighted by Gasteiger charge is 2.24. The number of carbonyl (C=O) groups excluding carboxylic acids is 2. The maximum absolute atomic E-state index is 12.4. The Hall–Kier alpha value is -3.11. The highest BCUT2D eigenvalue weighted by atomic mass is 32.2. The van der Waals surface area contributed by atoms with Crippen LogP contribution in [0.25, 0.3) is 0 Å². The first-order valence-corrected chi connectivity index (χ1v) is 11.6. The zero-order valence-electron chi connectivity index (χ0n) is 18.1. The van der Waals surface area contributed by atoms with Crippen LogP contribution in [0.4, 0.5) is 0 Å². The van der Waals surface area contributed by atoms with E-state index < -0.39 is 34.5 Å². The zero-order chi connectivity index (χ0) is 23.3. The third-order valence-electron chi connectivity index (χ3n) is 4.81. The van der Waals surface area contributed by atoms with Gasteiger partial charge in [-0.3, -0.25) is 9.59 Å². The molecule has 32 heavy (non-hydrogen) atoms. The number of esters is 1. The number of hydrogen-bond donors (Lipinski definition) is 2. The van der Waals surface area contributed by atoms with Gasteiger partial charge in [-0.2, -0.15) is 4.72 Å². The van der Waals surface area contributed by atoms with E-state index in [1.54, 1.807) is 31.2 Å². The number of ether oxygens (including phenoxy) is 3. The molecule has 172 valence electrons. The standard InChI is InChI=1S/C22H26N2O7S/c1-14-4-7-18(8-5-14)32(27,28)24-16(3)22(26)31-13-21(25)23-15(2)17-6-9-19-20(12-17)30-11-10-29-19/h4-9,12,15-16,24H,10-11,13H2,1-3H3,(H,23,25)/t15?,16-/m0/s1. The number of carbonyl (C=O) groups is 2. The third-order valence-corrected chi connectivity index (χ3v) is 6.36. The second-order valence-electron chi connectivity index (χ2n) is 7.46. The van der Waals surface area contributed by atoms with Crippen LogP contribution in [0.3, 0.4) is 0 Å². The summed E-state index contributed by atoms with van der Waals surface area (Å²) in [7, 11) is -3.90. The second-order valence-corrected chi connectivity index (χ2v) is 9.17. The van der Waals surface area contributed by atoms with Gasteiger partial charge in [0.2, 0.25) is 10.0 Å². The van der Waals surface area contributed by atoms with Crippen LogP contribution in [0.15, 0.2) is 47.4 Å². The largest absolute Gasteiger partial charge is 0.486 e. The maximum Gasteiger partial charge on any atom is 0.324 e. The van der Waals surface area contributed by atoms with E-state index in [-0.39, 0.29) is 10.9 Å². The summed E-state index contributed by atoms with van der Waals surface area (Å²) < 4.78 is 43.0. The van der Waals surface area contributed by atoms with Gasteiger partial charge in [-0.05, 0) is 50.6 Å². The van der Waals surface area contributed by atoms with Crippen molar-refractivity contribution in [2.75, 3.05) is 19.8 Å². The predicted octanol–water partition coefficient (Wildman–Crippen LogP) is 1.85. The highest BCUT2D eigenvalue weighted by Crippen LogP contribution is 2.32. The topological polar surface area (TPSA) is 120 Å². The molecule has 1 aliphatic heterocycles. The number of sulfonamides is 1. The van der Waals surface area contributed by atoms with Crippen LogP contribution < -0.4 is 19.5 Å². The van der Waals surface area contributed by atoms with Crippen molar-refractivity contribution in [3.05, 3.63) is 53.6 Å². The van der Waals surface area contributed by atoms with Gasteiger partial charge in [0.15, 0.2) is 18.1 Å². The van der Waals surface area contributed by atoms with Crippen LogP contribution >= 0.6 is 0 Å². The lowest BCUT2D eigenvalue weighted by Gasteiger charge is -2.21. The van der Waals surface area contributed by atoms with Crippen LogP contribution in [0, 0.1) is 6.92 Å². The Bertz CT molecular complexity index is 1080. The van der Waals surface area contributed by atoms with Gasteiger partial charge in [0, 0.05) is 0 Å².